The minimum atomic E-state index is -0.148. The van der Waals surface area contributed by atoms with E-state index in [1.54, 1.807) is 6.08 Å². The first-order valence-electron chi connectivity index (χ1n) is 7.13. The van der Waals surface area contributed by atoms with Crippen LogP contribution >= 0.6 is 0 Å². The second kappa shape index (κ2) is 5.60. The Balaban J connectivity index is 1.83. The Morgan fingerprint density at radius 1 is 0.909 bits per heavy atom. The van der Waals surface area contributed by atoms with Gasteiger partial charge in [0.1, 0.15) is 0 Å². The zero-order valence-electron chi connectivity index (χ0n) is 12.9. The molecule has 0 saturated carbocycles. The maximum absolute atomic E-state index is 4.42. The molecule has 3 aromatic rings. The minimum absolute atomic E-state index is 0.148. The summed E-state index contributed by atoms with van der Waals surface area (Å²) < 4.78 is 0. The van der Waals surface area contributed by atoms with E-state index in [0.717, 1.165) is 16.5 Å². The zero-order chi connectivity index (χ0) is 15.6. The summed E-state index contributed by atoms with van der Waals surface area (Å²) in [4.78, 5) is 4.42. The van der Waals surface area contributed by atoms with E-state index in [2.05, 4.69) is 31.4 Å². The molecule has 0 atom stereocenters. The maximum Gasteiger partial charge on any atom is 0.196 e. The SMILES string of the molecule is CC(C)(C)c1nnc(/C=C/c2cnc3ccccc3c2)nn1. The highest BCUT2D eigenvalue weighted by Crippen LogP contribution is 2.16. The molecule has 0 N–H and O–H groups in total. The predicted molar refractivity (Wildman–Crippen MR) is 87.0 cm³/mol. The molecule has 0 amide bonds. The summed E-state index contributed by atoms with van der Waals surface area (Å²) in [7, 11) is 0. The van der Waals surface area contributed by atoms with E-state index < -0.39 is 0 Å². The largest absolute Gasteiger partial charge is 0.256 e. The van der Waals surface area contributed by atoms with Crippen LogP contribution in [0.5, 0.6) is 0 Å². The van der Waals surface area contributed by atoms with Crippen molar-refractivity contribution < 1.29 is 0 Å². The summed E-state index contributed by atoms with van der Waals surface area (Å²) in [5.74, 6) is 1.12. The van der Waals surface area contributed by atoms with Crippen molar-refractivity contribution in [1.29, 1.82) is 0 Å². The summed E-state index contributed by atoms with van der Waals surface area (Å²) >= 11 is 0. The van der Waals surface area contributed by atoms with Crippen LogP contribution in [0.25, 0.3) is 23.1 Å². The summed E-state index contributed by atoms with van der Waals surface area (Å²) in [5.41, 5.74) is 1.82. The molecule has 2 heterocycles. The lowest BCUT2D eigenvalue weighted by atomic mass is 9.96. The molecule has 2 aromatic heterocycles. The number of aromatic nitrogens is 5. The molecule has 5 nitrogen and oxygen atoms in total. The van der Waals surface area contributed by atoms with Gasteiger partial charge in [-0.1, -0.05) is 39.0 Å². The minimum Gasteiger partial charge on any atom is -0.256 e. The number of hydrogen-bond acceptors (Lipinski definition) is 5. The number of fused-ring (bicyclic) bond motifs is 1. The standard InChI is InChI=1S/C17H17N5/c1-17(2,3)16-21-19-15(20-22-16)9-8-12-10-13-6-4-5-7-14(13)18-11-12/h4-11H,1-3H3/b9-8+. The second-order valence-corrected chi connectivity index (χ2v) is 6.13. The van der Waals surface area contributed by atoms with Crippen molar-refractivity contribution in [2.45, 2.75) is 26.2 Å². The molecule has 0 saturated heterocycles. The van der Waals surface area contributed by atoms with E-state index in [-0.39, 0.29) is 5.41 Å². The third kappa shape index (κ3) is 3.14. The van der Waals surface area contributed by atoms with Crippen molar-refractivity contribution in [1.82, 2.24) is 25.4 Å². The first-order valence-corrected chi connectivity index (χ1v) is 7.13. The molecule has 5 heteroatoms. The smallest absolute Gasteiger partial charge is 0.196 e. The number of para-hydroxylation sites is 1. The van der Waals surface area contributed by atoms with Crippen molar-refractivity contribution >= 4 is 23.1 Å². The van der Waals surface area contributed by atoms with Gasteiger partial charge >= 0.3 is 0 Å². The lowest BCUT2D eigenvalue weighted by Gasteiger charge is -2.13. The molecule has 0 spiro atoms. The van der Waals surface area contributed by atoms with Crippen LogP contribution in [0.2, 0.25) is 0 Å². The van der Waals surface area contributed by atoms with Crippen molar-refractivity contribution in [3.63, 3.8) is 0 Å². The lowest BCUT2D eigenvalue weighted by molar-refractivity contribution is 0.517. The third-order valence-corrected chi connectivity index (χ3v) is 3.20. The van der Waals surface area contributed by atoms with Gasteiger partial charge in [0, 0.05) is 17.0 Å². The number of nitrogens with zero attached hydrogens (tertiary/aromatic N) is 5. The first kappa shape index (κ1) is 14.3. The number of benzene rings is 1. The quantitative estimate of drug-likeness (QED) is 0.725. The molecule has 0 fully saturated rings. The van der Waals surface area contributed by atoms with Crippen LogP contribution in [0.15, 0.2) is 36.5 Å². The summed E-state index contributed by atoms with van der Waals surface area (Å²) in [6.45, 7) is 6.09. The normalized spacial score (nSPS) is 12.1. The van der Waals surface area contributed by atoms with Crippen LogP contribution in [-0.2, 0) is 5.41 Å². The molecule has 22 heavy (non-hydrogen) atoms. The van der Waals surface area contributed by atoms with Gasteiger partial charge in [0.05, 0.1) is 5.52 Å². The Kier molecular flexibility index (Phi) is 3.63. The Bertz CT molecular complexity index is 816. The monoisotopic (exact) mass is 291 g/mol. The molecule has 0 unspecified atom stereocenters. The molecule has 0 bridgehead atoms. The van der Waals surface area contributed by atoms with Gasteiger partial charge in [-0.25, -0.2) is 0 Å². The topological polar surface area (TPSA) is 64.5 Å². The van der Waals surface area contributed by atoms with Gasteiger partial charge in [-0.05, 0) is 29.8 Å². The number of rotatable bonds is 2. The molecule has 110 valence electrons. The average molecular weight is 291 g/mol. The van der Waals surface area contributed by atoms with Crippen molar-refractivity contribution in [2.24, 2.45) is 0 Å². The van der Waals surface area contributed by atoms with Gasteiger partial charge in [0.2, 0.25) is 0 Å². The predicted octanol–water partition coefficient (Wildman–Crippen LogP) is 3.28. The molecule has 0 radical (unpaired) electrons. The Labute approximate surface area is 129 Å². The first-order chi connectivity index (χ1) is 10.5. The Morgan fingerprint density at radius 3 is 2.36 bits per heavy atom. The van der Waals surface area contributed by atoms with Crippen LogP contribution < -0.4 is 0 Å². The van der Waals surface area contributed by atoms with Crippen molar-refractivity contribution in [3.05, 3.63) is 53.7 Å². The van der Waals surface area contributed by atoms with E-state index >= 15 is 0 Å². The summed E-state index contributed by atoms with van der Waals surface area (Å²) in [5, 5.41) is 17.5. The molecule has 0 aliphatic rings. The van der Waals surface area contributed by atoms with E-state index in [1.807, 2.05) is 57.3 Å². The zero-order valence-corrected chi connectivity index (χ0v) is 12.9. The van der Waals surface area contributed by atoms with Gasteiger partial charge in [-0.3, -0.25) is 4.98 Å². The van der Waals surface area contributed by atoms with Crippen LogP contribution in [-0.4, -0.2) is 25.4 Å². The Hall–Kier alpha value is -2.69. The van der Waals surface area contributed by atoms with Gasteiger partial charge in [0.25, 0.3) is 0 Å². The molecular weight excluding hydrogens is 274 g/mol. The summed E-state index contributed by atoms with van der Waals surface area (Å²) in [6, 6.07) is 10.1. The fourth-order valence-corrected chi connectivity index (χ4v) is 1.95. The fraction of sp³-hybridized carbons (Fsp3) is 0.235. The van der Waals surface area contributed by atoms with Gasteiger partial charge in [0.15, 0.2) is 11.6 Å². The number of hydrogen-bond donors (Lipinski definition) is 0. The Morgan fingerprint density at radius 2 is 1.64 bits per heavy atom. The molecule has 0 aliphatic carbocycles. The van der Waals surface area contributed by atoms with Crippen LogP contribution in [0.1, 0.15) is 38.0 Å². The fourth-order valence-electron chi connectivity index (χ4n) is 1.95. The average Bonchev–Trinajstić information content (AvgIpc) is 2.52. The highest BCUT2D eigenvalue weighted by Gasteiger charge is 2.18. The van der Waals surface area contributed by atoms with E-state index in [4.69, 9.17) is 0 Å². The van der Waals surface area contributed by atoms with Crippen molar-refractivity contribution in [3.8, 4) is 0 Å². The van der Waals surface area contributed by atoms with E-state index in [1.165, 1.54) is 0 Å². The van der Waals surface area contributed by atoms with E-state index in [9.17, 15) is 0 Å². The molecular formula is C17H17N5. The molecule has 1 aromatic carbocycles. The summed E-state index contributed by atoms with van der Waals surface area (Å²) in [6.07, 6.45) is 5.52. The molecule has 3 rings (SSSR count). The third-order valence-electron chi connectivity index (χ3n) is 3.20. The molecule has 0 aliphatic heterocycles. The second-order valence-electron chi connectivity index (χ2n) is 6.13. The maximum atomic E-state index is 4.42. The van der Waals surface area contributed by atoms with Gasteiger partial charge in [-0.15, -0.1) is 20.4 Å². The van der Waals surface area contributed by atoms with Crippen molar-refractivity contribution in [2.75, 3.05) is 0 Å². The van der Waals surface area contributed by atoms with Crippen LogP contribution in [0, 0.1) is 0 Å². The highest BCUT2D eigenvalue weighted by molar-refractivity contribution is 5.81. The highest BCUT2D eigenvalue weighted by atomic mass is 15.3. The van der Waals surface area contributed by atoms with Gasteiger partial charge in [-0.2, -0.15) is 0 Å². The van der Waals surface area contributed by atoms with Crippen LogP contribution in [0.4, 0.5) is 0 Å². The number of pyridine rings is 1. The van der Waals surface area contributed by atoms with Gasteiger partial charge < -0.3 is 0 Å². The van der Waals surface area contributed by atoms with Crippen LogP contribution in [0.3, 0.4) is 0 Å². The lowest BCUT2D eigenvalue weighted by Crippen LogP contribution is -2.18. The van der Waals surface area contributed by atoms with E-state index in [0.29, 0.717) is 11.6 Å².